The average molecular weight is 367 g/mol. The molecule has 0 unspecified atom stereocenters. The molecule has 26 heavy (non-hydrogen) atoms. The highest BCUT2D eigenvalue weighted by atomic mass is 32.1. The smallest absolute Gasteiger partial charge is 0.224 e. The maximum Gasteiger partial charge on any atom is 0.224 e. The van der Waals surface area contributed by atoms with E-state index in [0.717, 1.165) is 42.7 Å². The van der Waals surface area contributed by atoms with Gasteiger partial charge in [-0.05, 0) is 79.0 Å². The maximum atomic E-state index is 12.8. The minimum Gasteiger partial charge on any atom is -0.365 e. The van der Waals surface area contributed by atoms with Gasteiger partial charge >= 0.3 is 0 Å². The van der Waals surface area contributed by atoms with Crippen molar-refractivity contribution in [3.05, 3.63) is 46.2 Å². The summed E-state index contributed by atoms with van der Waals surface area (Å²) in [6.45, 7) is 1.96. The number of anilines is 2. The Morgan fingerprint density at radius 3 is 2.69 bits per heavy atom. The third-order valence-corrected chi connectivity index (χ3v) is 7.23. The van der Waals surface area contributed by atoms with Crippen molar-refractivity contribution in [2.24, 2.45) is 17.8 Å². The third-order valence-electron chi connectivity index (χ3n) is 6.20. The zero-order valence-corrected chi connectivity index (χ0v) is 15.9. The first-order valence-corrected chi connectivity index (χ1v) is 10.8. The molecule has 1 aromatic carbocycles. The van der Waals surface area contributed by atoms with E-state index < -0.39 is 0 Å². The lowest BCUT2D eigenvalue weighted by molar-refractivity contribution is -0.117. The van der Waals surface area contributed by atoms with Crippen molar-refractivity contribution in [2.75, 3.05) is 16.8 Å². The maximum absolute atomic E-state index is 12.8. The van der Waals surface area contributed by atoms with Crippen LogP contribution in [0.25, 0.3) is 0 Å². The van der Waals surface area contributed by atoms with Crippen LogP contribution in [0.2, 0.25) is 0 Å². The van der Waals surface area contributed by atoms with Crippen molar-refractivity contribution in [1.82, 2.24) is 0 Å². The first-order chi connectivity index (χ1) is 12.8. The summed E-state index contributed by atoms with van der Waals surface area (Å²) < 4.78 is 0. The molecule has 3 aliphatic rings. The monoisotopic (exact) mass is 366 g/mol. The van der Waals surface area contributed by atoms with E-state index in [4.69, 9.17) is 0 Å². The molecule has 1 aromatic heterocycles. The third kappa shape index (κ3) is 3.39. The fourth-order valence-corrected chi connectivity index (χ4v) is 5.38. The number of carbonyl (C=O) groups is 1. The molecule has 0 spiro atoms. The lowest BCUT2D eigenvalue weighted by atomic mass is 9.94. The molecule has 2 aliphatic carbocycles. The number of hydrogen-bond acceptors (Lipinski definition) is 3. The van der Waals surface area contributed by atoms with Gasteiger partial charge in [0, 0.05) is 24.4 Å². The lowest BCUT2D eigenvalue weighted by Crippen LogP contribution is -2.30. The Labute approximate surface area is 159 Å². The van der Waals surface area contributed by atoms with Gasteiger partial charge in [-0.2, -0.15) is 0 Å². The number of thiophene rings is 1. The van der Waals surface area contributed by atoms with Crippen LogP contribution >= 0.6 is 11.3 Å². The second-order valence-corrected chi connectivity index (χ2v) is 9.15. The van der Waals surface area contributed by atoms with Crippen molar-refractivity contribution >= 4 is 28.6 Å². The van der Waals surface area contributed by atoms with Crippen LogP contribution in [0.5, 0.6) is 0 Å². The second kappa shape index (κ2) is 6.73. The Hall–Kier alpha value is -1.81. The summed E-state index contributed by atoms with van der Waals surface area (Å²) in [5, 5.41) is 5.44. The molecule has 1 N–H and O–H groups in total. The predicted molar refractivity (Wildman–Crippen MR) is 108 cm³/mol. The molecule has 0 bridgehead atoms. The highest BCUT2D eigenvalue weighted by Crippen LogP contribution is 2.50. The molecule has 2 fully saturated rings. The summed E-state index contributed by atoms with van der Waals surface area (Å²) in [5.41, 5.74) is 3.57. The van der Waals surface area contributed by atoms with Crippen molar-refractivity contribution in [1.29, 1.82) is 0 Å². The fourth-order valence-electron chi connectivity index (χ4n) is 4.49. The van der Waals surface area contributed by atoms with E-state index in [1.165, 1.54) is 36.1 Å². The Balaban J connectivity index is 1.30. The van der Waals surface area contributed by atoms with Crippen LogP contribution < -0.4 is 10.2 Å². The molecule has 0 radical (unpaired) electrons. The van der Waals surface area contributed by atoms with Crippen LogP contribution in [-0.4, -0.2) is 12.5 Å². The highest BCUT2D eigenvalue weighted by molar-refractivity contribution is 7.10. The summed E-state index contributed by atoms with van der Waals surface area (Å²) >= 11 is 1.87. The summed E-state index contributed by atoms with van der Waals surface area (Å²) in [7, 11) is 0. The molecule has 0 atom stereocenters. The topological polar surface area (TPSA) is 32.3 Å². The van der Waals surface area contributed by atoms with Crippen molar-refractivity contribution in [3.8, 4) is 0 Å². The molecule has 2 heterocycles. The van der Waals surface area contributed by atoms with Crippen LogP contribution in [-0.2, 0) is 17.8 Å². The molecule has 5 rings (SSSR count). The molecule has 3 nitrogen and oxygen atoms in total. The summed E-state index contributed by atoms with van der Waals surface area (Å²) in [6, 6.07) is 10.5. The zero-order valence-electron chi connectivity index (χ0n) is 15.1. The molecular weight excluding hydrogens is 340 g/mol. The predicted octanol–water partition coefficient (Wildman–Crippen LogP) is 5.08. The van der Waals surface area contributed by atoms with Crippen LogP contribution in [0.3, 0.4) is 0 Å². The van der Waals surface area contributed by atoms with E-state index in [1.54, 1.807) is 0 Å². The molecule has 2 aromatic rings. The van der Waals surface area contributed by atoms with Gasteiger partial charge in [-0.1, -0.05) is 12.1 Å². The standard InChI is InChI=1S/C22H26N2OS/c25-22(13-18(15-5-6-15)16-7-8-16)23-19-3-1-2-4-20(19)24-11-9-21-17(14-24)10-12-26-21/h1-4,10,12,15-16,18H,5-9,11,13-14H2,(H,23,25). The number of para-hydroxylation sites is 2. The average Bonchev–Trinajstić information content (AvgIpc) is 3.58. The number of amides is 1. The first kappa shape index (κ1) is 16.4. The first-order valence-electron chi connectivity index (χ1n) is 9.97. The van der Waals surface area contributed by atoms with E-state index in [1.807, 2.05) is 17.4 Å². The largest absolute Gasteiger partial charge is 0.365 e. The van der Waals surface area contributed by atoms with Crippen LogP contribution in [0, 0.1) is 17.8 Å². The van der Waals surface area contributed by atoms with Gasteiger partial charge in [0.15, 0.2) is 0 Å². The minimum atomic E-state index is 0.203. The van der Waals surface area contributed by atoms with Crippen molar-refractivity contribution in [2.45, 2.75) is 45.1 Å². The van der Waals surface area contributed by atoms with E-state index in [-0.39, 0.29) is 5.91 Å². The number of rotatable bonds is 6. The van der Waals surface area contributed by atoms with Crippen molar-refractivity contribution < 1.29 is 4.79 Å². The highest BCUT2D eigenvalue weighted by Gasteiger charge is 2.42. The van der Waals surface area contributed by atoms with E-state index in [0.29, 0.717) is 12.3 Å². The Morgan fingerprint density at radius 2 is 1.92 bits per heavy atom. The molecule has 136 valence electrons. The van der Waals surface area contributed by atoms with E-state index >= 15 is 0 Å². The minimum absolute atomic E-state index is 0.203. The lowest BCUT2D eigenvalue weighted by Gasteiger charge is -2.30. The number of nitrogens with zero attached hydrogens (tertiary/aromatic N) is 1. The molecular formula is C22H26N2OS. The number of hydrogen-bond donors (Lipinski definition) is 1. The number of fused-ring (bicyclic) bond motifs is 1. The fraction of sp³-hybridized carbons (Fsp3) is 0.500. The van der Waals surface area contributed by atoms with Crippen LogP contribution in [0.1, 0.15) is 42.5 Å². The van der Waals surface area contributed by atoms with Gasteiger partial charge in [-0.3, -0.25) is 4.79 Å². The number of nitrogens with one attached hydrogen (secondary N) is 1. The molecule has 1 aliphatic heterocycles. The van der Waals surface area contributed by atoms with Gasteiger partial charge in [0.2, 0.25) is 5.91 Å². The van der Waals surface area contributed by atoms with Crippen LogP contribution in [0.15, 0.2) is 35.7 Å². The quantitative estimate of drug-likeness (QED) is 0.773. The Kier molecular flexibility index (Phi) is 4.24. The summed E-state index contributed by atoms with van der Waals surface area (Å²) in [5.74, 6) is 2.48. The summed E-state index contributed by atoms with van der Waals surface area (Å²) in [4.78, 5) is 16.7. The van der Waals surface area contributed by atoms with Gasteiger partial charge in [-0.15, -0.1) is 11.3 Å². The SMILES string of the molecule is O=C(CC(C1CC1)C1CC1)Nc1ccccc1N1CCc2sccc2C1. The van der Waals surface area contributed by atoms with Crippen LogP contribution in [0.4, 0.5) is 11.4 Å². The normalized spacial score (nSPS) is 19.5. The van der Waals surface area contributed by atoms with E-state index in [9.17, 15) is 4.79 Å². The summed E-state index contributed by atoms with van der Waals surface area (Å²) in [6.07, 6.45) is 7.15. The van der Waals surface area contributed by atoms with Gasteiger partial charge in [0.05, 0.1) is 11.4 Å². The number of benzene rings is 1. The second-order valence-electron chi connectivity index (χ2n) is 8.15. The van der Waals surface area contributed by atoms with Gasteiger partial charge in [-0.25, -0.2) is 0 Å². The molecule has 4 heteroatoms. The van der Waals surface area contributed by atoms with Crippen molar-refractivity contribution in [3.63, 3.8) is 0 Å². The van der Waals surface area contributed by atoms with Gasteiger partial charge in [0.25, 0.3) is 0 Å². The Bertz CT molecular complexity index is 794. The Morgan fingerprint density at radius 1 is 1.15 bits per heavy atom. The molecule has 0 saturated heterocycles. The van der Waals surface area contributed by atoms with Gasteiger partial charge < -0.3 is 10.2 Å². The number of carbonyl (C=O) groups excluding carboxylic acids is 1. The molecule has 2 saturated carbocycles. The zero-order chi connectivity index (χ0) is 17.5. The van der Waals surface area contributed by atoms with Gasteiger partial charge in [0.1, 0.15) is 0 Å². The molecule has 1 amide bonds. The van der Waals surface area contributed by atoms with E-state index in [2.05, 4.69) is 39.9 Å².